The summed E-state index contributed by atoms with van der Waals surface area (Å²) >= 11 is 0. The number of pyridine rings is 2. The third-order valence-electron chi connectivity index (χ3n) is 12.6. The van der Waals surface area contributed by atoms with Gasteiger partial charge in [-0.05, 0) is 90.1 Å². The second kappa shape index (κ2) is 24.3. The number of rotatable bonds is 20. The third kappa shape index (κ3) is 14.1. The number of methoxy groups -OCH3 is 2. The number of amides is 3. The largest absolute Gasteiger partial charge is 0.480 e. The molecule has 24 nitrogen and oxygen atoms in total. The molecule has 0 radical (unpaired) electrons. The molecule has 6 aromatic heterocycles. The SMILES string of the molecule is COc1ncccc1Nc1cc(N(CCCN2CCOCC2)C(=O)OC(C)(C)C)n2ncc(C(=O)NC3CC3)c2n1.COc1ncccc1Nc1cc(NCCCN2CCOCC2)n2ncc(C(=O)NC3CC3)c2n1. The summed E-state index contributed by atoms with van der Waals surface area (Å²) in [6.07, 6.45) is 11.4. The highest BCUT2D eigenvalue weighted by molar-refractivity contribution is 6.01. The maximum absolute atomic E-state index is 13.6. The highest BCUT2D eigenvalue weighted by atomic mass is 16.6. The minimum absolute atomic E-state index is 0.153. The van der Waals surface area contributed by atoms with Gasteiger partial charge in [-0.1, -0.05) is 0 Å². The molecule has 2 aliphatic carbocycles. The molecule has 4 fully saturated rings. The van der Waals surface area contributed by atoms with Gasteiger partial charge >= 0.3 is 6.09 Å². The molecular formula is C51H68N16O8. The first-order valence-electron chi connectivity index (χ1n) is 25.7. The summed E-state index contributed by atoms with van der Waals surface area (Å²) in [5.41, 5.74) is 2.12. The molecule has 6 aromatic rings. The number of ether oxygens (including phenoxy) is 5. The van der Waals surface area contributed by atoms with Crippen LogP contribution in [0.2, 0.25) is 0 Å². The van der Waals surface area contributed by atoms with E-state index in [9.17, 15) is 14.4 Å². The van der Waals surface area contributed by atoms with Crippen molar-refractivity contribution < 1.29 is 38.1 Å². The first-order valence-corrected chi connectivity index (χ1v) is 25.7. The van der Waals surface area contributed by atoms with E-state index >= 15 is 0 Å². The average Bonchev–Trinajstić information content (AvgIpc) is 4.33. The van der Waals surface area contributed by atoms with Crippen molar-refractivity contribution in [2.24, 2.45) is 0 Å². The molecule has 4 aliphatic rings. The molecule has 0 spiro atoms. The van der Waals surface area contributed by atoms with Crippen LogP contribution >= 0.6 is 0 Å². The normalized spacial score (nSPS) is 16.1. The van der Waals surface area contributed by atoms with Crippen molar-refractivity contribution in [3.63, 3.8) is 0 Å². The number of nitrogens with zero attached hydrogens (tertiary/aromatic N) is 11. The quantitative estimate of drug-likeness (QED) is 0.0621. The molecule has 2 aliphatic heterocycles. The summed E-state index contributed by atoms with van der Waals surface area (Å²) in [5.74, 6) is 2.56. The van der Waals surface area contributed by atoms with Crippen LogP contribution in [-0.2, 0) is 14.2 Å². The summed E-state index contributed by atoms with van der Waals surface area (Å²) in [4.78, 5) is 63.7. The van der Waals surface area contributed by atoms with E-state index in [1.165, 1.54) is 17.8 Å². The van der Waals surface area contributed by atoms with Gasteiger partial charge in [-0.15, -0.1) is 0 Å². The lowest BCUT2D eigenvalue weighted by Crippen LogP contribution is -2.41. The Morgan fingerprint density at radius 1 is 0.707 bits per heavy atom. The van der Waals surface area contributed by atoms with Crippen molar-refractivity contribution in [2.45, 2.75) is 77.0 Å². The number of fused-ring (bicyclic) bond motifs is 2. The van der Waals surface area contributed by atoms with Crippen molar-refractivity contribution in [2.75, 3.05) is 114 Å². The third-order valence-corrected chi connectivity index (χ3v) is 12.6. The van der Waals surface area contributed by atoms with Crippen LogP contribution in [0, 0.1) is 0 Å². The van der Waals surface area contributed by atoms with E-state index in [4.69, 9.17) is 33.7 Å². The van der Waals surface area contributed by atoms with Crippen LogP contribution in [0.15, 0.2) is 61.2 Å². The monoisotopic (exact) mass is 1030 g/mol. The van der Waals surface area contributed by atoms with Crippen LogP contribution in [0.3, 0.4) is 0 Å². The van der Waals surface area contributed by atoms with Crippen LogP contribution < -0.4 is 41.0 Å². The maximum Gasteiger partial charge on any atom is 0.416 e. The highest BCUT2D eigenvalue weighted by Gasteiger charge is 2.31. The summed E-state index contributed by atoms with van der Waals surface area (Å²) in [7, 11) is 3.11. The van der Waals surface area contributed by atoms with Gasteiger partial charge < -0.3 is 50.3 Å². The molecule has 24 heteroatoms. The highest BCUT2D eigenvalue weighted by Crippen LogP contribution is 2.31. The molecular weight excluding hydrogens is 965 g/mol. The molecule has 0 bridgehead atoms. The van der Waals surface area contributed by atoms with Crippen LogP contribution in [-0.4, -0.2) is 178 Å². The lowest BCUT2D eigenvalue weighted by atomic mass is 10.2. The fourth-order valence-electron chi connectivity index (χ4n) is 8.47. The van der Waals surface area contributed by atoms with Gasteiger partial charge in [0.1, 0.15) is 51.4 Å². The number of hydrogen-bond acceptors (Lipinski definition) is 19. The topological polar surface area (TPSA) is 253 Å². The minimum Gasteiger partial charge on any atom is -0.480 e. The average molecular weight is 1030 g/mol. The molecule has 75 heavy (non-hydrogen) atoms. The Morgan fingerprint density at radius 2 is 1.21 bits per heavy atom. The number of aromatic nitrogens is 8. The second-order valence-electron chi connectivity index (χ2n) is 19.7. The molecule has 8 heterocycles. The molecule has 0 unspecified atom stereocenters. The minimum atomic E-state index is -0.713. The molecule has 2 saturated heterocycles. The van der Waals surface area contributed by atoms with Gasteiger partial charge in [-0.3, -0.25) is 24.3 Å². The summed E-state index contributed by atoms with van der Waals surface area (Å²) in [5, 5.41) is 25.0. The van der Waals surface area contributed by atoms with Crippen molar-refractivity contribution in [1.82, 2.24) is 59.6 Å². The number of morpholine rings is 2. The Morgan fingerprint density at radius 3 is 1.73 bits per heavy atom. The zero-order chi connectivity index (χ0) is 52.3. The number of carbonyl (C=O) groups is 3. The van der Waals surface area contributed by atoms with Crippen LogP contribution in [0.4, 0.5) is 39.4 Å². The van der Waals surface area contributed by atoms with E-state index in [2.05, 4.69) is 56.5 Å². The molecule has 0 atom stereocenters. The maximum atomic E-state index is 13.6. The van der Waals surface area contributed by atoms with E-state index in [1.807, 2.05) is 45.0 Å². The Bertz CT molecular complexity index is 2910. The Balaban J connectivity index is 0.000000187. The molecule has 400 valence electrons. The summed E-state index contributed by atoms with van der Waals surface area (Å²) in [6, 6.07) is 11.3. The van der Waals surface area contributed by atoms with E-state index in [0.717, 1.165) is 96.9 Å². The lowest BCUT2D eigenvalue weighted by molar-refractivity contribution is 0.0371. The molecule has 5 N–H and O–H groups in total. The fourth-order valence-corrected chi connectivity index (χ4v) is 8.47. The molecule has 10 rings (SSSR count). The Labute approximate surface area is 435 Å². The predicted octanol–water partition coefficient (Wildman–Crippen LogP) is 5.14. The van der Waals surface area contributed by atoms with Crippen molar-refractivity contribution >= 4 is 63.8 Å². The standard InChI is InChI=1S/C28H38N8O5.C23H30N8O3/c1-28(2,3)41-27(38)35(12-6-11-34-13-15-40-16-14-34)23-17-22(32-21-7-5-10-29-26(21)39-4)33-24-20(18-30-36(23)24)25(37)31-19-8-9-19;1-33-23-18(4-2-7-25-23)28-19-14-20(24-8-3-9-30-10-12-34-13-11-30)31-21(29-19)17(15-26-31)22(32)27-16-5-6-16/h5,7,10,17-19H,6,8-9,11-16H2,1-4H3,(H,31,37)(H,32,33);2,4,7,14-16,24H,3,5-6,8-13H2,1H3,(H,27,32)(H,28,29). The Hall–Kier alpha value is -7.41. The summed E-state index contributed by atoms with van der Waals surface area (Å²) in [6.45, 7) is 15.0. The van der Waals surface area contributed by atoms with E-state index in [0.29, 0.717) is 89.2 Å². The lowest BCUT2D eigenvalue weighted by Gasteiger charge is -2.30. The number of anilines is 6. The first-order chi connectivity index (χ1) is 36.4. The zero-order valence-electron chi connectivity index (χ0n) is 43.3. The van der Waals surface area contributed by atoms with E-state index in [1.54, 1.807) is 47.2 Å². The van der Waals surface area contributed by atoms with E-state index < -0.39 is 11.7 Å². The molecule has 2 saturated carbocycles. The molecule has 3 amide bonds. The fraction of sp³-hybridized carbons (Fsp3) is 0.510. The summed E-state index contributed by atoms with van der Waals surface area (Å²) < 4.78 is 30.7. The number of hydrogen-bond donors (Lipinski definition) is 5. The van der Waals surface area contributed by atoms with Gasteiger partial charge in [-0.25, -0.2) is 24.7 Å². The van der Waals surface area contributed by atoms with Crippen LogP contribution in [0.25, 0.3) is 11.3 Å². The van der Waals surface area contributed by atoms with Gasteiger partial charge in [0, 0.05) is 82.4 Å². The molecule has 0 aromatic carbocycles. The second-order valence-corrected chi connectivity index (χ2v) is 19.7. The Kier molecular flexibility index (Phi) is 17.0. The van der Waals surface area contributed by atoms with Gasteiger partial charge in [0.2, 0.25) is 11.8 Å². The van der Waals surface area contributed by atoms with Gasteiger partial charge in [0.05, 0.1) is 53.0 Å². The van der Waals surface area contributed by atoms with E-state index in [-0.39, 0.29) is 23.9 Å². The first kappa shape index (κ1) is 52.5. The van der Waals surface area contributed by atoms with Crippen molar-refractivity contribution in [3.05, 3.63) is 72.3 Å². The zero-order valence-corrected chi connectivity index (χ0v) is 43.3. The van der Waals surface area contributed by atoms with Crippen LogP contribution in [0.1, 0.15) is 80.0 Å². The smallest absolute Gasteiger partial charge is 0.416 e. The van der Waals surface area contributed by atoms with Crippen molar-refractivity contribution in [1.29, 1.82) is 0 Å². The number of nitrogens with one attached hydrogen (secondary N) is 5. The number of carbonyl (C=O) groups excluding carboxylic acids is 3. The van der Waals surface area contributed by atoms with Gasteiger partial charge in [-0.2, -0.15) is 19.2 Å². The van der Waals surface area contributed by atoms with Gasteiger partial charge in [0.25, 0.3) is 11.8 Å². The predicted molar refractivity (Wildman–Crippen MR) is 281 cm³/mol. The van der Waals surface area contributed by atoms with Crippen LogP contribution in [0.5, 0.6) is 11.8 Å². The van der Waals surface area contributed by atoms with Gasteiger partial charge in [0.15, 0.2) is 11.3 Å². The van der Waals surface area contributed by atoms with Crippen molar-refractivity contribution in [3.8, 4) is 11.8 Å².